The van der Waals surface area contributed by atoms with Gasteiger partial charge in [-0.3, -0.25) is 9.78 Å². The van der Waals surface area contributed by atoms with Gasteiger partial charge in [-0.05, 0) is 30.4 Å². The molecule has 104 valence electrons. The number of carbonyl (C=O) groups is 1. The molecule has 1 amide bonds. The normalized spacial score (nSPS) is 18.8. The third kappa shape index (κ3) is 4.03. The molecule has 1 atom stereocenters. The van der Waals surface area contributed by atoms with Crippen LogP contribution in [-0.2, 0) is 16.1 Å². The number of hydrogen-bond acceptors (Lipinski definition) is 3. The van der Waals surface area contributed by atoms with E-state index in [1.165, 1.54) is 0 Å². The van der Waals surface area contributed by atoms with Crippen LogP contribution in [-0.4, -0.2) is 35.0 Å². The number of carbonyl (C=O) groups excluding carboxylic acids is 1. The highest BCUT2D eigenvalue weighted by Gasteiger charge is 2.28. The number of pyridine rings is 1. The van der Waals surface area contributed by atoms with Crippen molar-refractivity contribution >= 4 is 5.91 Å². The first kappa shape index (κ1) is 14.0. The van der Waals surface area contributed by atoms with Crippen LogP contribution in [0, 0.1) is 5.92 Å². The molecule has 2 rings (SSSR count). The maximum atomic E-state index is 12.5. The van der Waals surface area contributed by atoms with E-state index in [0.717, 1.165) is 24.9 Å². The molecule has 0 aromatic carbocycles. The van der Waals surface area contributed by atoms with Gasteiger partial charge < -0.3 is 9.64 Å². The molecule has 1 aromatic rings. The lowest BCUT2D eigenvalue weighted by atomic mass is 10.1. The van der Waals surface area contributed by atoms with E-state index in [2.05, 4.69) is 18.8 Å². The van der Waals surface area contributed by atoms with Crippen LogP contribution >= 0.6 is 0 Å². The van der Waals surface area contributed by atoms with Crippen molar-refractivity contribution in [3.05, 3.63) is 30.1 Å². The van der Waals surface area contributed by atoms with Crippen LogP contribution in [0.4, 0.5) is 0 Å². The fourth-order valence-corrected chi connectivity index (χ4v) is 2.36. The van der Waals surface area contributed by atoms with E-state index in [1.54, 1.807) is 6.20 Å². The molecule has 2 heterocycles. The quantitative estimate of drug-likeness (QED) is 0.817. The van der Waals surface area contributed by atoms with Gasteiger partial charge in [0, 0.05) is 32.1 Å². The molecular weight excluding hydrogens is 240 g/mol. The molecule has 0 unspecified atom stereocenters. The molecule has 1 aliphatic rings. The highest BCUT2D eigenvalue weighted by molar-refractivity contribution is 5.81. The fourth-order valence-electron chi connectivity index (χ4n) is 2.36. The van der Waals surface area contributed by atoms with Gasteiger partial charge in [-0.25, -0.2) is 0 Å². The third-order valence-corrected chi connectivity index (χ3v) is 3.20. The SMILES string of the molecule is CC(C)CN(Cc1cccnc1)C(=O)[C@@H]1CCCO1. The molecule has 1 saturated heterocycles. The molecule has 4 heteroatoms. The predicted molar refractivity (Wildman–Crippen MR) is 73.5 cm³/mol. The topological polar surface area (TPSA) is 42.4 Å². The second kappa shape index (κ2) is 6.66. The largest absolute Gasteiger partial charge is 0.368 e. The Morgan fingerprint density at radius 1 is 1.58 bits per heavy atom. The molecule has 0 bridgehead atoms. The van der Waals surface area contributed by atoms with Gasteiger partial charge in [0.15, 0.2) is 0 Å². The molecule has 19 heavy (non-hydrogen) atoms. The van der Waals surface area contributed by atoms with E-state index < -0.39 is 0 Å². The molecule has 0 aliphatic carbocycles. The van der Waals surface area contributed by atoms with E-state index >= 15 is 0 Å². The lowest BCUT2D eigenvalue weighted by Crippen LogP contribution is -2.40. The zero-order chi connectivity index (χ0) is 13.7. The zero-order valence-corrected chi connectivity index (χ0v) is 11.7. The lowest BCUT2D eigenvalue weighted by Gasteiger charge is -2.27. The Labute approximate surface area is 114 Å². The summed E-state index contributed by atoms with van der Waals surface area (Å²) in [7, 11) is 0. The number of rotatable bonds is 5. The van der Waals surface area contributed by atoms with Crippen molar-refractivity contribution in [2.24, 2.45) is 5.92 Å². The molecule has 0 saturated carbocycles. The fraction of sp³-hybridized carbons (Fsp3) is 0.600. The van der Waals surface area contributed by atoms with E-state index in [-0.39, 0.29) is 12.0 Å². The Morgan fingerprint density at radius 2 is 2.42 bits per heavy atom. The van der Waals surface area contributed by atoms with Gasteiger partial charge in [0.05, 0.1) is 0 Å². The maximum absolute atomic E-state index is 12.5. The molecule has 4 nitrogen and oxygen atoms in total. The van der Waals surface area contributed by atoms with Crippen LogP contribution in [0.3, 0.4) is 0 Å². The van der Waals surface area contributed by atoms with Crippen LogP contribution in [0.15, 0.2) is 24.5 Å². The Balaban J connectivity index is 2.04. The van der Waals surface area contributed by atoms with Crippen molar-refractivity contribution in [3.8, 4) is 0 Å². The van der Waals surface area contributed by atoms with E-state index in [1.807, 2.05) is 23.2 Å². The molecular formula is C15H22N2O2. The van der Waals surface area contributed by atoms with Gasteiger partial charge in [-0.2, -0.15) is 0 Å². The van der Waals surface area contributed by atoms with Crippen LogP contribution in [0.5, 0.6) is 0 Å². The highest BCUT2D eigenvalue weighted by Crippen LogP contribution is 2.17. The average Bonchev–Trinajstić information content (AvgIpc) is 2.91. The van der Waals surface area contributed by atoms with E-state index in [0.29, 0.717) is 19.1 Å². The molecule has 1 aromatic heterocycles. The number of nitrogens with zero attached hydrogens (tertiary/aromatic N) is 2. The Bertz CT molecular complexity index is 400. The number of ether oxygens (including phenoxy) is 1. The van der Waals surface area contributed by atoms with E-state index in [9.17, 15) is 4.79 Å². The first-order valence-corrected chi connectivity index (χ1v) is 6.96. The molecule has 1 fully saturated rings. The number of aromatic nitrogens is 1. The minimum absolute atomic E-state index is 0.120. The minimum Gasteiger partial charge on any atom is -0.368 e. The molecule has 0 radical (unpaired) electrons. The minimum atomic E-state index is -0.240. The van der Waals surface area contributed by atoms with Gasteiger partial charge in [-0.15, -0.1) is 0 Å². The Morgan fingerprint density at radius 3 is 3.00 bits per heavy atom. The first-order chi connectivity index (χ1) is 9.16. The molecule has 0 spiro atoms. The van der Waals surface area contributed by atoms with Crippen LogP contribution in [0.25, 0.3) is 0 Å². The van der Waals surface area contributed by atoms with Crippen LogP contribution in [0.1, 0.15) is 32.3 Å². The summed E-state index contributed by atoms with van der Waals surface area (Å²) in [5.41, 5.74) is 1.06. The van der Waals surface area contributed by atoms with Gasteiger partial charge in [-0.1, -0.05) is 19.9 Å². The summed E-state index contributed by atoms with van der Waals surface area (Å²) in [6.07, 6.45) is 5.16. The summed E-state index contributed by atoms with van der Waals surface area (Å²) in [5.74, 6) is 0.567. The summed E-state index contributed by atoms with van der Waals surface area (Å²) in [6.45, 7) is 6.33. The van der Waals surface area contributed by atoms with Crippen LogP contribution < -0.4 is 0 Å². The lowest BCUT2D eigenvalue weighted by molar-refractivity contribution is -0.142. The average molecular weight is 262 g/mol. The monoisotopic (exact) mass is 262 g/mol. The van der Waals surface area contributed by atoms with Crippen molar-refractivity contribution in [2.45, 2.75) is 39.3 Å². The Kier molecular flexibility index (Phi) is 4.91. The van der Waals surface area contributed by atoms with Crippen molar-refractivity contribution in [3.63, 3.8) is 0 Å². The van der Waals surface area contributed by atoms with Gasteiger partial charge in [0.25, 0.3) is 5.91 Å². The Hall–Kier alpha value is -1.42. The summed E-state index contributed by atoms with van der Waals surface area (Å²) in [6, 6.07) is 3.91. The molecule has 0 N–H and O–H groups in total. The molecule has 1 aliphatic heterocycles. The summed E-state index contributed by atoms with van der Waals surface area (Å²) < 4.78 is 5.51. The first-order valence-electron chi connectivity index (χ1n) is 6.96. The van der Waals surface area contributed by atoms with Crippen molar-refractivity contribution in [2.75, 3.05) is 13.2 Å². The highest BCUT2D eigenvalue weighted by atomic mass is 16.5. The zero-order valence-electron chi connectivity index (χ0n) is 11.7. The van der Waals surface area contributed by atoms with Gasteiger partial charge in [0.1, 0.15) is 6.10 Å². The van der Waals surface area contributed by atoms with E-state index in [4.69, 9.17) is 4.74 Å². The summed E-state index contributed by atoms with van der Waals surface area (Å²) in [5, 5.41) is 0. The summed E-state index contributed by atoms with van der Waals surface area (Å²) in [4.78, 5) is 18.5. The second-order valence-corrected chi connectivity index (χ2v) is 5.48. The number of hydrogen-bond donors (Lipinski definition) is 0. The van der Waals surface area contributed by atoms with Crippen molar-refractivity contribution < 1.29 is 9.53 Å². The number of amides is 1. The van der Waals surface area contributed by atoms with Crippen LogP contribution in [0.2, 0.25) is 0 Å². The maximum Gasteiger partial charge on any atom is 0.252 e. The van der Waals surface area contributed by atoms with Crippen molar-refractivity contribution in [1.29, 1.82) is 0 Å². The predicted octanol–water partition coefficient (Wildman–Crippen LogP) is 2.25. The van der Waals surface area contributed by atoms with Gasteiger partial charge >= 0.3 is 0 Å². The second-order valence-electron chi connectivity index (χ2n) is 5.48. The summed E-state index contributed by atoms with van der Waals surface area (Å²) >= 11 is 0. The van der Waals surface area contributed by atoms with Gasteiger partial charge in [0.2, 0.25) is 0 Å². The van der Waals surface area contributed by atoms with Crippen molar-refractivity contribution in [1.82, 2.24) is 9.88 Å². The smallest absolute Gasteiger partial charge is 0.252 e. The third-order valence-electron chi connectivity index (χ3n) is 3.20. The standard InChI is InChI=1S/C15H22N2O2/c1-12(2)10-17(11-13-5-3-7-16-9-13)15(18)14-6-4-8-19-14/h3,5,7,9,12,14H,4,6,8,10-11H2,1-2H3/t14-/m0/s1.